The third-order valence-corrected chi connectivity index (χ3v) is 5.43. The normalized spacial score (nSPS) is 12.1. The molecule has 0 bridgehead atoms. The summed E-state index contributed by atoms with van der Waals surface area (Å²) in [7, 11) is -2.54. The van der Waals surface area contributed by atoms with Gasteiger partial charge < -0.3 is 5.32 Å². The molecule has 0 radical (unpaired) electrons. The van der Waals surface area contributed by atoms with Crippen molar-refractivity contribution in [2.75, 3.05) is 12.4 Å². The predicted molar refractivity (Wildman–Crippen MR) is 91.6 cm³/mol. The first-order valence-corrected chi connectivity index (χ1v) is 8.97. The maximum absolute atomic E-state index is 12.8. The first-order chi connectivity index (χ1) is 12.0. The highest BCUT2D eigenvalue weighted by Crippen LogP contribution is 2.31. The molecule has 0 saturated carbocycles. The lowest BCUT2D eigenvalue weighted by Crippen LogP contribution is -2.21. The Hall–Kier alpha value is -2.39. The topological polar surface area (TPSA) is 75.3 Å². The maximum Gasteiger partial charge on any atom is 0.416 e. The van der Waals surface area contributed by atoms with Gasteiger partial charge in [-0.2, -0.15) is 13.2 Å². The van der Waals surface area contributed by atoms with Crippen molar-refractivity contribution in [1.29, 1.82) is 0 Å². The molecule has 2 N–H and O–H groups in total. The fraction of sp³-hybridized carbons (Fsp3) is 0.235. The van der Waals surface area contributed by atoms with Crippen LogP contribution in [0.25, 0.3) is 0 Å². The van der Waals surface area contributed by atoms with Crippen LogP contribution in [0.5, 0.6) is 0 Å². The van der Waals surface area contributed by atoms with E-state index in [4.69, 9.17) is 0 Å². The number of hydrogen-bond acceptors (Lipinski definition) is 3. The SMILES string of the molecule is CNS(=O)(=O)c1cc(C(=O)Nc2cccc(C(F)(F)F)c2)cc(C)c1C. The second kappa shape index (κ2) is 7.08. The number of halogens is 3. The summed E-state index contributed by atoms with van der Waals surface area (Å²) in [5.41, 5.74) is 0.139. The second-order valence-electron chi connectivity index (χ2n) is 5.66. The van der Waals surface area contributed by atoms with E-state index < -0.39 is 27.7 Å². The van der Waals surface area contributed by atoms with Gasteiger partial charge in [-0.1, -0.05) is 6.07 Å². The van der Waals surface area contributed by atoms with Gasteiger partial charge in [0.1, 0.15) is 0 Å². The highest BCUT2D eigenvalue weighted by molar-refractivity contribution is 7.89. The summed E-state index contributed by atoms with van der Waals surface area (Å²) in [4.78, 5) is 12.3. The number of hydrogen-bond donors (Lipinski definition) is 2. The molecule has 0 aromatic heterocycles. The van der Waals surface area contributed by atoms with Crippen LogP contribution < -0.4 is 10.0 Å². The molecular weight excluding hydrogens is 369 g/mol. The summed E-state index contributed by atoms with van der Waals surface area (Å²) in [5.74, 6) is -0.708. The number of alkyl halides is 3. The summed E-state index contributed by atoms with van der Waals surface area (Å²) in [6.45, 7) is 3.25. The molecule has 0 saturated heterocycles. The number of aryl methyl sites for hydroxylation is 1. The van der Waals surface area contributed by atoms with Crippen molar-refractivity contribution >= 4 is 21.6 Å². The van der Waals surface area contributed by atoms with Crippen LogP contribution in [0.3, 0.4) is 0 Å². The number of sulfonamides is 1. The van der Waals surface area contributed by atoms with E-state index >= 15 is 0 Å². The summed E-state index contributed by atoms with van der Waals surface area (Å²) >= 11 is 0. The van der Waals surface area contributed by atoms with Crippen molar-refractivity contribution in [2.45, 2.75) is 24.9 Å². The zero-order valence-corrected chi connectivity index (χ0v) is 15.0. The number of rotatable bonds is 4. The highest BCUT2D eigenvalue weighted by atomic mass is 32.2. The Labute approximate surface area is 149 Å². The van der Waals surface area contributed by atoms with E-state index in [1.807, 2.05) is 0 Å². The molecule has 0 fully saturated rings. The van der Waals surface area contributed by atoms with E-state index in [9.17, 15) is 26.4 Å². The smallest absolute Gasteiger partial charge is 0.322 e. The van der Waals surface area contributed by atoms with Crippen LogP contribution in [-0.2, 0) is 16.2 Å². The van der Waals surface area contributed by atoms with Crippen LogP contribution in [0, 0.1) is 13.8 Å². The Morgan fingerprint density at radius 1 is 1.08 bits per heavy atom. The Bertz CT molecular complexity index is 954. The minimum Gasteiger partial charge on any atom is -0.322 e. The van der Waals surface area contributed by atoms with Gasteiger partial charge in [-0.3, -0.25) is 4.79 Å². The molecule has 0 aliphatic rings. The summed E-state index contributed by atoms with van der Waals surface area (Å²) < 4.78 is 64.7. The lowest BCUT2D eigenvalue weighted by molar-refractivity contribution is -0.137. The second-order valence-corrected chi connectivity index (χ2v) is 7.51. The molecule has 0 aliphatic heterocycles. The number of amides is 1. The summed E-state index contributed by atoms with van der Waals surface area (Å²) in [6, 6.07) is 6.87. The molecule has 140 valence electrons. The largest absolute Gasteiger partial charge is 0.416 e. The Morgan fingerprint density at radius 2 is 1.73 bits per heavy atom. The fourth-order valence-electron chi connectivity index (χ4n) is 2.32. The lowest BCUT2D eigenvalue weighted by Gasteiger charge is -2.13. The fourth-order valence-corrected chi connectivity index (χ4v) is 3.39. The van der Waals surface area contributed by atoms with Crippen LogP contribution >= 0.6 is 0 Å². The van der Waals surface area contributed by atoms with Crippen molar-refractivity contribution in [3.05, 3.63) is 58.7 Å². The molecule has 1 amide bonds. The predicted octanol–water partition coefficient (Wildman–Crippen LogP) is 3.48. The Kier molecular flexibility index (Phi) is 5.43. The average molecular weight is 386 g/mol. The van der Waals surface area contributed by atoms with Crippen molar-refractivity contribution < 1.29 is 26.4 Å². The van der Waals surface area contributed by atoms with Crippen LogP contribution in [-0.4, -0.2) is 21.4 Å². The van der Waals surface area contributed by atoms with Crippen molar-refractivity contribution in [2.24, 2.45) is 0 Å². The van der Waals surface area contributed by atoms with Gasteiger partial charge in [0, 0.05) is 11.3 Å². The molecule has 9 heteroatoms. The van der Waals surface area contributed by atoms with Crippen LogP contribution in [0.1, 0.15) is 27.0 Å². The number of carbonyl (C=O) groups excluding carboxylic acids is 1. The van der Waals surface area contributed by atoms with Gasteiger partial charge in [0.25, 0.3) is 5.91 Å². The van der Waals surface area contributed by atoms with Gasteiger partial charge in [0.05, 0.1) is 10.5 Å². The van der Waals surface area contributed by atoms with E-state index in [-0.39, 0.29) is 16.1 Å². The zero-order valence-electron chi connectivity index (χ0n) is 14.2. The molecule has 0 heterocycles. The molecule has 0 aliphatic carbocycles. The van der Waals surface area contributed by atoms with Gasteiger partial charge in [-0.15, -0.1) is 0 Å². The van der Waals surface area contributed by atoms with Gasteiger partial charge in [-0.25, -0.2) is 13.1 Å². The molecule has 26 heavy (non-hydrogen) atoms. The minimum absolute atomic E-state index is 0.0272. The molecule has 0 atom stereocenters. The Balaban J connectivity index is 2.40. The minimum atomic E-state index is -4.53. The van der Waals surface area contributed by atoms with Gasteiger partial charge in [0.2, 0.25) is 10.0 Å². The molecule has 2 aromatic rings. The quantitative estimate of drug-likeness (QED) is 0.845. The number of carbonyl (C=O) groups is 1. The van der Waals surface area contributed by atoms with E-state index in [0.29, 0.717) is 11.1 Å². The third-order valence-electron chi connectivity index (χ3n) is 3.89. The van der Waals surface area contributed by atoms with Crippen molar-refractivity contribution in [3.8, 4) is 0 Å². The number of nitrogens with one attached hydrogen (secondary N) is 2. The lowest BCUT2D eigenvalue weighted by atomic mass is 10.1. The Morgan fingerprint density at radius 3 is 2.31 bits per heavy atom. The number of anilines is 1. The summed E-state index contributed by atoms with van der Waals surface area (Å²) in [6.07, 6.45) is -4.53. The maximum atomic E-state index is 12.8. The van der Waals surface area contributed by atoms with Crippen LogP contribution in [0.2, 0.25) is 0 Å². The van der Waals surface area contributed by atoms with Crippen molar-refractivity contribution in [1.82, 2.24) is 4.72 Å². The monoisotopic (exact) mass is 386 g/mol. The van der Waals surface area contributed by atoms with E-state index in [0.717, 1.165) is 12.1 Å². The molecular formula is C17H17F3N2O3S. The standard InChI is InChI=1S/C17H17F3N2O3S/c1-10-7-12(8-15(11(10)2)26(24,25)21-3)16(23)22-14-6-4-5-13(9-14)17(18,19)20/h4-9,21H,1-3H3,(H,22,23). The molecule has 0 spiro atoms. The van der Waals surface area contributed by atoms with Gasteiger partial charge in [-0.05, 0) is 62.4 Å². The van der Waals surface area contributed by atoms with Gasteiger partial charge in [0.15, 0.2) is 0 Å². The van der Waals surface area contributed by atoms with Crippen LogP contribution in [0.15, 0.2) is 41.3 Å². The molecule has 5 nitrogen and oxygen atoms in total. The van der Waals surface area contributed by atoms with Crippen molar-refractivity contribution in [3.63, 3.8) is 0 Å². The zero-order chi connectivity index (χ0) is 19.7. The molecule has 0 unspecified atom stereocenters. The van der Waals surface area contributed by atoms with Crippen LogP contribution in [0.4, 0.5) is 18.9 Å². The molecule has 2 aromatic carbocycles. The number of benzene rings is 2. The average Bonchev–Trinajstić information content (AvgIpc) is 2.56. The molecule has 2 rings (SSSR count). The van der Waals surface area contributed by atoms with Gasteiger partial charge >= 0.3 is 6.18 Å². The highest BCUT2D eigenvalue weighted by Gasteiger charge is 2.30. The third kappa shape index (κ3) is 4.23. The first kappa shape index (κ1) is 19.9. The van der Waals surface area contributed by atoms with E-state index in [1.165, 1.54) is 31.3 Å². The summed E-state index contributed by atoms with van der Waals surface area (Å²) in [5, 5.41) is 2.36. The van der Waals surface area contributed by atoms with E-state index in [1.54, 1.807) is 13.8 Å². The van der Waals surface area contributed by atoms with E-state index in [2.05, 4.69) is 10.0 Å². The first-order valence-electron chi connectivity index (χ1n) is 7.49.